The van der Waals surface area contributed by atoms with Crippen LogP contribution >= 0.6 is 11.8 Å². The van der Waals surface area contributed by atoms with Crippen LogP contribution in [0.5, 0.6) is 5.75 Å². The van der Waals surface area contributed by atoms with Crippen LogP contribution in [0.25, 0.3) is 0 Å². The fraction of sp³-hybridized carbons (Fsp3) is 0.450. The number of fused-ring (bicyclic) bond motifs is 3. The molecule has 1 saturated heterocycles. The number of carbonyl (C=O) groups is 1. The Balaban J connectivity index is 1.81. The Morgan fingerprint density at radius 3 is 2.68 bits per heavy atom. The molecule has 4 nitrogen and oxygen atoms in total. The Hall–Kier alpha value is -1.88. The molecule has 1 fully saturated rings. The summed E-state index contributed by atoms with van der Waals surface area (Å²) in [6.45, 7) is 7.03. The molecule has 0 unspecified atom stereocenters. The van der Waals surface area contributed by atoms with E-state index < -0.39 is 11.0 Å². The second-order valence-electron chi connectivity index (χ2n) is 7.67. The summed E-state index contributed by atoms with van der Waals surface area (Å²) in [6, 6.07) is 11.7. The lowest BCUT2D eigenvalue weighted by Gasteiger charge is -2.56. The predicted molar refractivity (Wildman–Crippen MR) is 98.7 cm³/mol. The Morgan fingerprint density at radius 2 is 2.00 bits per heavy atom. The third-order valence-electron chi connectivity index (χ3n) is 5.10. The van der Waals surface area contributed by atoms with Gasteiger partial charge in [0.15, 0.2) is 4.87 Å². The van der Waals surface area contributed by atoms with Gasteiger partial charge >= 0.3 is 0 Å². The van der Waals surface area contributed by atoms with E-state index in [1.165, 1.54) is 0 Å². The van der Waals surface area contributed by atoms with Crippen molar-refractivity contribution in [1.29, 1.82) is 0 Å². The predicted octanol–water partition coefficient (Wildman–Crippen LogP) is 3.98. The highest BCUT2D eigenvalue weighted by Crippen LogP contribution is 2.55. The monoisotopic (exact) mass is 357 g/mol. The number of furan rings is 1. The number of nitrogens with zero attached hydrogens (tertiary/aromatic N) is 1. The maximum Gasteiger partial charge on any atom is 0.269 e. The highest BCUT2D eigenvalue weighted by atomic mass is 32.2. The van der Waals surface area contributed by atoms with E-state index in [1.807, 2.05) is 48.4 Å². The van der Waals surface area contributed by atoms with Crippen LogP contribution in [-0.2, 0) is 16.1 Å². The van der Waals surface area contributed by atoms with E-state index in [2.05, 4.69) is 19.9 Å². The van der Waals surface area contributed by atoms with Crippen molar-refractivity contribution in [2.24, 2.45) is 5.41 Å². The van der Waals surface area contributed by atoms with Crippen molar-refractivity contribution < 1.29 is 13.9 Å². The van der Waals surface area contributed by atoms with E-state index in [9.17, 15) is 4.79 Å². The zero-order valence-electron chi connectivity index (χ0n) is 15.0. The first-order chi connectivity index (χ1) is 11.9. The van der Waals surface area contributed by atoms with Gasteiger partial charge in [-0.05, 0) is 36.8 Å². The Bertz CT molecular complexity index is 814. The summed E-state index contributed by atoms with van der Waals surface area (Å²) in [5, 5.41) is 0. The maximum absolute atomic E-state index is 13.0. The van der Waals surface area contributed by atoms with Crippen LogP contribution < -0.4 is 4.74 Å². The molecule has 3 heterocycles. The summed E-state index contributed by atoms with van der Waals surface area (Å²) < 4.78 is 12.2. The molecular weight excluding hydrogens is 334 g/mol. The van der Waals surface area contributed by atoms with Gasteiger partial charge in [-0.3, -0.25) is 4.79 Å². The van der Waals surface area contributed by atoms with Crippen molar-refractivity contribution >= 4 is 17.7 Å². The molecule has 2 atom stereocenters. The summed E-state index contributed by atoms with van der Waals surface area (Å²) in [5.41, 5.74) is 1.05. The Labute approximate surface area is 152 Å². The second kappa shape index (κ2) is 5.56. The third kappa shape index (κ3) is 2.40. The SMILES string of the molecule is CS[C@@]12c3cc(C)oc3CC(C)(C)CN1C(=O)[C@H]2Oc1ccccc1. The topological polar surface area (TPSA) is 42.7 Å². The zero-order chi connectivity index (χ0) is 17.8. The number of hydrogen-bond acceptors (Lipinski definition) is 4. The van der Waals surface area contributed by atoms with Crippen molar-refractivity contribution in [1.82, 2.24) is 4.90 Å². The quantitative estimate of drug-likeness (QED) is 0.780. The van der Waals surface area contributed by atoms with Crippen molar-refractivity contribution in [3.63, 3.8) is 0 Å². The highest BCUT2D eigenvalue weighted by Gasteiger charge is 2.66. The molecule has 0 N–H and O–H groups in total. The lowest BCUT2D eigenvalue weighted by atomic mass is 9.87. The van der Waals surface area contributed by atoms with Gasteiger partial charge in [-0.15, -0.1) is 11.8 Å². The summed E-state index contributed by atoms with van der Waals surface area (Å²) >= 11 is 1.66. The van der Waals surface area contributed by atoms with E-state index in [4.69, 9.17) is 9.15 Å². The van der Waals surface area contributed by atoms with E-state index in [0.717, 1.165) is 29.3 Å². The molecule has 1 aromatic carbocycles. The molecule has 0 bridgehead atoms. The lowest BCUT2D eigenvalue weighted by Crippen LogP contribution is -2.72. The Morgan fingerprint density at radius 1 is 1.28 bits per heavy atom. The standard InChI is InChI=1S/C20H23NO3S/c1-13-10-15-16(23-13)11-19(2,3)12-21-18(22)17(20(15,21)25-4)24-14-8-6-5-7-9-14/h5-10,17H,11-12H2,1-4H3/t17-,20-/m1/s1. The van der Waals surface area contributed by atoms with E-state index in [1.54, 1.807) is 11.8 Å². The number of amides is 1. The fourth-order valence-corrected chi connectivity index (χ4v) is 5.17. The molecule has 2 aromatic rings. The van der Waals surface area contributed by atoms with Crippen molar-refractivity contribution in [2.45, 2.75) is 38.2 Å². The minimum absolute atomic E-state index is 0.0378. The maximum atomic E-state index is 13.0. The van der Waals surface area contributed by atoms with Crippen LogP contribution in [0, 0.1) is 12.3 Å². The third-order valence-corrected chi connectivity index (χ3v) is 6.38. The summed E-state index contributed by atoms with van der Waals surface area (Å²) in [6.07, 6.45) is 2.33. The number of aryl methyl sites for hydroxylation is 1. The van der Waals surface area contributed by atoms with Crippen molar-refractivity contribution in [3.05, 3.63) is 53.5 Å². The number of β-lactam (4-membered cyclic amide) rings is 1. The number of benzene rings is 1. The van der Waals surface area contributed by atoms with Crippen molar-refractivity contribution in [2.75, 3.05) is 12.8 Å². The van der Waals surface area contributed by atoms with Gasteiger partial charge in [0.05, 0.1) is 0 Å². The summed E-state index contributed by atoms with van der Waals surface area (Å²) in [7, 11) is 0. The van der Waals surface area contributed by atoms with Crippen LogP contribution in [0.2, 0.25) is 0 Å². The molecule has 132 valence electrons. The van der Waals surface area contributed by atoms with Crippen LogP contribution in [-0.4, -0.2) is 29.7 Å². The number of ether oxygens (including phenoxy) is 1. The average Bonchev–Trinajstić information content (AvgIpc) is 2.90. The molecule has 2 aliphatic heterocycles. The molecular formula is C20H23NO3S. The molecule has 0 spiro atoms. The number of thioether (sulfide) groups is 1. The second-order valence-corrected chi connectivity index (χ2v) is 8.70. The van der Waals surface area contributed by atoms with Gasteiger partial charge in [-0.2, -0.15) is 0 Å². The molecule has 4 rings (SSSR count). The normalized spacial score (nSPS) is 27.1. The van der Waals surface area contributed by atoms with Gasteiger partial charge < -0.3 is 14.1 Å². The molecule has 0 radical (unpaired) electrons. The summed E-state index contributed by atoms with van der Waals surface area (Å²) in [5.74, 6) is 2.64. The van der Waals surface area contributed by atoms with E-state index in [-0.39, 0.29) is 11.3 Å². The van der Waals surface area contributed by atoms with E-state index in [0.29, 0.717) is 6.54 Å². The number of rotatable bonds is 3. The van der Waals surface area contributed by atoms with Crippen LogP contribution in [0.1, 0.15) is 30.9 Å². The van der Waals surface area contributed by atoms with Gasteiger partial charge in [0, 0.05) is 18.5 Å². The van der Waals surface area contributed by atoms with Crippen LogP contribution in [0.15, 0.2) is 40.8 Å². The molecule has 0 saturated carbocycles. The van der Waals surface area contributed by atoms with Gasteiger partial charge in [-0.25, -0.2) is 0 Å². The minimum Gasteiger partial charge on any atom is -0.477 e. The first kappa shape index (κ1) is 16.6. The smallest absolute Gasteiger partial charge is 0.269 e. The van der Waals surface area contributed by atoms with Crippen molar-refractivity contribution in [3.8, 4) is 5.75 Å². The number of hydrogen-bond donors (Lipinski definition) is 0. The Kier molecular flexibility index (Phi) is 3.69. The fourth-order valence-electron chi connectivity index (χ4n) is 4.04. The van der Waals surface area contributed by atoms with Gasteiger partial charge in [0.1, 0.15) is 17.3 Å². The molecule has 1 aromatic heterocycles. The molecule has 25 heavy (non-hydrogen) atoms. The van der Waals surface area contributed by atoms with Gasteiger partial charge in [0.2, 0.25) is 6.10 Å². The molecule has 1 amide bonds. The first-order valence-corrected chi connectivity index (χ1v) is 9.78. The van der Waals surface area contributed by atoms with Crippen LogP contribution in [0.4, 0.5) is 0 Å². The number of para-hydroxylation sites is 1. The van der Waals surface area contributed by atoms with Crippen LogP contribution in [0.3, 0.4) is 0 Å². The zero-order valence-corrected chi connectivity index (χ0v) is 15.9. The highest BCUT2D eigenvalue weighted by molar-refractivity contribution is 7.99. The van der Waals surface area contributed by atoms with Gasteiger partial charge in [-0.1, -0.05) is 32.0 Å². The minimum atomic E-state index is -0.533. The van der Waals surface area contributed by atoms with Gasteiger partial charge in [0.25, 0.3) is 5.91 Å². The largest absolute Gasteiger partial charge is 0.477 e. The molecule has 0 aliphatic carbocycles. The average molecular weight is 357 g/mol. The van der Waals surface area contributed by atoms with E-state index >= 15 is 0 Å². The molecule has 2 aliphatic rings. The molecule has 5 heteroatoms. The number of carbonyl (C=O) groups excluding carboxylic acids is 1. The lowest BCUT2D eigenvalue weighted by molar-refractivity contribution is -0.171. The first-order valence-electron chi connectivity index (χ1n) is 8.55. The summed E-state index contributed by atoms with van der Waals surface area (Å²) in [4.78, 5) is 14.4.